The largest absolute Gasteiger partial charge is 0.392 e. The van der Waals surface area contributed by atoms with Crippen LogP contribution in [0.15, 0.2) is 0 Å². The molecule has 0 aromatic carbocycles. The predicted octanol–water partition coefficient (Wildman–Crippen LogP) is 2.70. The van der Waals surface area contributed by atoms with Gasteiger partial charge in [0.05, 0.1) is 6.10 Å². The second-order valence-electron chi connectivity index (χ2n) is 6.48. The Labute approximate surface area is 99.8 Å². The fraction of sp³-hybridized carbons (Fsp3) is 1.00. The summed E-state index contributed by atoms with van der Waals surface area (Å²) in [6, 6.07) is 1.14. The minimum absolute atomic E-state index is 0.0723. The van der Waals surface area contributed by atoms with Crippen molar-refractivity contribution >= 4 is 0 Å². The Kier molecular flexibility index (Phi) is 3.60. The van der Waals surface area contributed by atoms with Crippen LogP contribution in [0.2, 0.25) is 0 Å². The first-order valence-corrected chi connectivity index (χ1v) is 6.96. The standard InChI is InChI=1S/C14H27NO/c1-10(11-7-5-4-6-8-11)15-12-9-13(16)14(12,2)3/h10-13,15-16H,4-9H2,1-3H3/t10-,12?,13?/m0/s1. The first-order chi connectivity index (χ1) is 7.51. The Hall–Kier alpha value is -0.0800. The summed E-state index contributed by atoms with van der Waals surface area (Å²) in [6.07, 6.45) is 7.86. The molecule has 2 N–H and O–H groups in total. The average molecular weight is 225 g/mol. The fourth-order valence-electron chi connectivity index (χ4n) is 3.27. The number of aliphatic hydroxyl groups excluding tert-OH is 1. The van der Waals surface area contributed by atoms with E-state index in [4.69, 9.17) is 0 Å². The van der Waals surface area contributed by atoms with Crippen molar-refractivity contribution in [3.05, 3.63) is 0 Å². The molecular weight excluding hydrogens is 198 g/mol. The van der Waals surface area contributed by atoms with Gasteiger partial charge in [0, 0.05) is 17.5 Å². The third kappa shape index (κ3) is 2.28. The lowest BCUT2D eigenvalue weighted by Crippen LogP contribution is -2.62. The van der Waals surface area contributed by atoms with Crippen LogP contribution in [-0.4, -0.2) is 23.3 Å². The molecule has 94 valence electrons. The van der Waals surface area contributed by atoms with Gasteiger partial charge >= 0.3 is 0 Å². The van der Waals surface area contributed by atoms with E-state index in [1.807, 2.05) is 0 Å². The van der Waals surface area contributed by atoms with Gasteiger partial charge in [0.1, 0.15) is 0 Å². The molecule has 0 heterocycles. The molecule has 0 aliphatic heterocycles. The predicted molar refractivity (Wildman–Crippen MR) is 67.4 cm³/mol. The first-order valence-electron chi connectivity index (χ1n) is 6.96. The zero-order valence-electron chi connectivity index (χ0n) is 11.0. The van der Waals surface area contributed by atoms with E-state index in [0.717, 1.165) is 12.3 Å². The van der Waals surface area contributed by atoms with Crippen LogP contribution in [0.4, 0.5) is 0 Å². The Balaban J connectivity index is 1.81. The molecule has 2 rings (SSSR count). The lowest BCUT2D eigenvalue weighted by Gasteiger charge is -2.51. The van der Waals surface area contributed by atoms with E-state index in [0.29, 0.717) is 12.1 Å². The SMILES string of the molecule is C[C@H](NC1CC(O)C1(C)C)C1CCCCC1. The van der Waals surface area contributed by atoms with Crippen molar-refractivity contribution in [3.63, 3.8) is 0 Å². The Morgan fingerprint density at radius 3 is 2.31 bits per heavy atom. The molecule has 3 atom stereocenters. The molecule has 2 saturated carbocycles. The molecule has 2 aliphatic rings. The van der Waals surface area contributed by atoms with E-state index < -0.39 is 0 Å². The van der Waals surface area contributed by atoms with Crippen molar-refractivity contribution in [1.29, 1.82) is 0 Å². The number of nitrogens with one attached hydrogen (secondary N) is 1. The van der Waals surface area contributed by atoms with E-state index in [9.17, 15) is 5.11 Å². The van der Waals surface area contributed by atoms with Crippen molar-refractivity contribution in [2.24, 2.45) is 11.3 Å². The van der Waals surface area contributed by atoms with Gasteiger partial charge in [-0.15, -0.1) is 0 Å². The quantitative estimate of drug-likeness (QED) is 0.774. The minimum Gasteiger partial charge on any atom is -0.392 e. The lowest BCUT2D eigenvalue weighted by atomic mass is 9.64. The van der Waals surface area contributed by atoms with Gasteiger partial charge in [-0.2, -0.15) is 0 Å². The molecule has 0 amide bonds. The maximum absolute atomic E-state index is 9.73. The molecule has 2 fully saturated rings. The maximum Gasteiger partial charge on any atom is 0.0621 e. The van der Waals surface area contributed by atoms with Gasteiger partial charge in [-0.25, -0.2) is 0 Å². The highest BCUT2D eigenvalue weighted by Gasteiger charge is 2.47. The summed E-state index contributed by atoms with van der Waals surface area (Å²) >= 11 is 0. The van der Waals surface area contributed by atoms with Crippen LogP contribution < -0.4 is 5.32 Å². The van der Waals surface area contributed by atoms with Gasteiger partial charge in [0.25, 0.3) is 0 Å². The third-order valence-corrected chi connectivity index (χ3v) is 5.04. The molecule has 0 aromatic rings. The summed E-state index contributed by atoms with van der Waals surface area (Å²) in [5.74, 6) is 0.863. The monoisotopic (exact) mass is 225 g/mol. The van der Waals surface area contributed by atoms with Crippen LogP contribution in [-0.2, 0) is 0 Å². The molecule has 16 heavy (non-hydrogen) atoms. The Bertz CT molecular complexity index is 233. The van der Waals surface area contributed by atoms with Crippen LogP contribution in [0.1, 0.15) is 59.3 Å². The second-order valence-corrected chi connectivity index (χ2v) is 6.48. The van der Waals surface area contributed by atoms with Gasteiger partial charge in [0.15, 0.2) is 0 Å². The average Bonchev–Trinajstić information content (AvgIpc) is 2.29. The van der Waals surface area contributed by atoms with E-state index in [1.54, 1.807) is 0 Å². The normalized spacial score (nSPS) is 36.8. The highest BCUT2D eigenvalue weighted by atomic mass is 16.3. The molecular formula is C14H27NO. The molecule has 0 radical (unpaired) electrons. The summed E-state index contributed by atoms with van der Waals surface area (Å²) in [4.78, 5) is 0. The van der Waals surface area contributed by atoms with Gasteiger partial charge in [-0.05, 0) is 32.1 Å². The van der Waals surface area contributed by atoms with Crippen molar-refractivity contribution < 1.29 is 5.11 Å². The van der Waals surface area contributed by atoms with Crippen molar-refractivity contribution in [1.82, 2.24) is 5.32 Å². The molecule has 0 aromatic heterocycles. The summed E-state index contributed by atoms with van der Waals surface area (Å²) in [6.45, 7) is 6.68. The molecule has 2 unspecified atom stereocenters. The topological polar surface area (TPSA) is 32.3 Å². The van der Waals surface area contributed by atoms with Gasteiger partial charge < -0.3 is 10.4 Å². The number of rotatable bonds is 3. The smallest absolute Gasteiger partial charge is 0.0621 e. The van der Waals surface area contributed by atoms with Gasteiger partial charge in [0.2, 0.25) is 0 Å². The van der Waals surface area contributed by atoms with Crippen molar-refractivity contribution in [2.45, 2.75) is 77.5 Å². The van der Waals surface area contributed by atoms with E-state index >= 15 is 0 Å². The number of aliphatic hydroxyl groups is 1. The van der Waals surface area contributed by atoms with Crippen LogP contribution in [0, 0.1) is 11.3 Å². The van der Waals surface area contributed by atoms with E-state index in [1.165, 1.54) is 32.1 Å². The molecule has 2 nitrogen and oxygen atoms in total. The summed E-state index contributed by atoms with van der Waals surface area (Å²) in [7, 11) is 0. The Morgan fingerprint density at radius 2 is 1.81 bits per heavy atom. The second kappa shape index (κ2) is 4.66. The summed E-state index contributed by atoms with van der Waals surface area (Å²) in [5.41, 5.74) is 0.0723. The van der Waals surface area contributed by atoms with Crippen LogP contribution in [0.25, 0.3) is 0 Å². The molecule has 0 saturated heterocycles. The highest BCUT2D eigenvalue weighted by Crippen LogP contribution is 2.41. The number of hydrogen-bond acceptors (Lipinski definition) is 2. The third-order valence-electron chi connectivity index (χ3n) is 5.04. The maximum atomic E-state index is 9.73. The molecule has 0 bridgehead atoms. The molecule has 2 aliphatic carbocycles. The highest BCUT2D eigenvalue weighted by molar-refractivity contribution is 5.02. The fourth-order valence-corrected chi connectivity index (χ4v) is 3.27. The first kappa shape index (κ1) is 12.4. The Morgan fingerprint density at radius 1 is 1.19 bits per heavy atom. The summed E-state index contributed by atoms with van der Waals surface area (Å²) in [5, 5.41) is 13.5. The zero-order chi connectivity index (χ0) is 11.8. The van der Waals surface area contributed by atoms with E-state index in [2.05, 4.69) is 26.1 Å². The van der Waals surface area contributed by atoms with E-state index in [-0.39, 0.29) is 11.5 Å². The minimum atomic E-state index is -0.108. The van der Waals surface area contributed by atoms with Crippen molar-refractivity contribution in [2.75, 3.05) is 0 Å². The zero-order valence-corrected chi connectivity index (χ0v) is 11.0. The molecule has 2 heteroatoms. The summed E-state index contributed by atoms with van der Waals surface area (Å²) < 4.78 is 0. The molecule has 0 spiro atoms. The van der Waals surface area contributed by atoms with Crippen LogP contribution in [0.3, 0.4) is 0 Å². The van der Waals surface area contributed by atoms with Gasteiger partial charge in [-0.3, -0.25) is 0 Å². The lowest BCUT2D eigenvalue weighted by molar-refractivity contribution is -0.0777. The van der Waals surface area contributed by atoms with Gasteiger partial charge in [-0.1, -0.05) is 33.1 Å². The van der Waals surface area contributed by atoms with Crippen LogP contribution >= 0.6 is 0 Å². The van der Waals surface area contributed by atoms with Crippen molar-refractivity contribution in [3.8, 4) is 0 Å². The van der Waals surface area contributed by atoms with Crippen LogP contribution in [0.5, 0.6) is 0 Å². The number of hydrogen-bond donors (Lipinski definition) is 2.